The predicted octanol–water partition coefficient (Wildman–Crippen LogP) is 6.49. The third-order valence-electron chi connectivity index (χ3n) is 5.25. The molecular weight excluding hydrogens is 492 g/mol. The molecule has 0 unspecified atom stereocenters. The van der Waals surface area contributed by atoms with Gasteiger partial charge in [-0.25, -0.2) is 13.8 Å². The van der Waals surface area contributed by atoms with Gasteiger partial charge in [-0.15, -0.1) is 0 Å². The highest BCUT2D eigenvalue weighted by Gasteiger charge is 2.10. The van der Waals surface area contributed by atoms with Crippen LogP contribution in [0, 0.1) is 25.5 Å². The zero-order valence-electron chi connectivity index (χ0n) is 23.7. The van der Waals surface area contributed by atoms with Gasteiger partial charge in [-0.1, -0.05) is 39.1 Å². The van der Waals surface area contributed by atoms with Crippen molar-refractivity contribution in [2.75, 3.05) is 42.6 Å². The second kappa shape index (κ2) is 21.7. The third kappa shape index (κ3) is 16.9. The highest BCUT2D eigenvalue weighted by Crippen LogP contribution is 2.20. The largest absolute Gasteiger partial charge is 0.370 e. The van der Waals surface area contributed by atoms with Gasteiger partial charge in [0.05, 0.1) is 0 Å². The molecule has 0 bridgehead atoms. The first-order chi connectivity index (χ1) is 17.8. The van der Waals surface area contributed by atoms with Crippen LogP contribution >= 0.6 is 11.9 Å². The van der Waals surface area contributed by atoms with Crippen LogP contribution in [-0.2, 0) is 4.79 Å². The van der Waals surface area contributed by atoms with E-state index < -0.39 is 11.6 Å². The number of carbonyl (C=O) groups is 1. The number of piperidine rings is 1. The van der Waals surface area contributed by atoms with Crippen LogP contribution in [0.1, 0.15) is 64.0 Å². The van der Waals surface area contributed by atoms with E-state index in [1.165, 1.54) is 37.0 Å². The summed E-state index contributed by atoms with van der Waals surface area (Å²) < 4.78 is 26.4. The Labute approximate surface area is 227 Å². The van der Waals surface area contributed by atoms with Crippen molar-refractivity contribution >= 4 is 30.0 Å². The van der Waals surface area contributed by atoms with E-state index in [0.717, 1.165) is 56.6 Å². The summed E-state index contributed by atoms with van der Waals surface area (Å²) in [5, 5.41) is 9.40. The Morgan fingerprint density at radius 2 is 1.73 bits per heavy atom. The number of halogens is 2. The molecule has 1 saturated heterocycles. The summed E-state index contributed by atoms with van der Waals surface area (Å²) in [6.45, 7) is 12.8. The molecule has 1 amide bonds. The van der Waals surface area contributed by atoms with Crippen molar-refractivity contribution in [2.24, 2.45) is 0 Å². The van der Waals surface area contributed by atoms with Crippen molar-refractivity contribution in [1.29, 1.82) is 0 Å². The standard InChI is InChI=1S/C11H19N3S.C8H16N2O.C7H6F2.C2H6/c1-5-6-12-10-7-9(2)8-11(13-10)14(3)15-4;11-7-9-6-4-8-3-1-2-5-10-8;1-5-2-6(8)4-7(9)3-5;1-2/h7-8H,5-6H2,1-4H3,(H,12,13);7-8,10H,1-6H2,(H,9,11);2-4H,1H3;1-2H3/t;8-;;/m.1../s1. The first-order valence-corrected chi connectivity index (χ1v) is 14.3. The zero-order chi connectivity index (χ0) is 28.1. The van der Waals surface area contributed by atoms with E-state index in [9.17, 15) is 13.6 Å². The third-order valence-corrected chi connectivity index (χ3v) is 5.98. The molecule has 2 aromatic rings. The maximum Gasteiger partial charge on any atom is 0.207 e. The molecule has 6 nitrogen and oxygen atoms in total. The average Bonchev–Trinajstić information content (AvgIpc) is 2.88. The fourth-order valence-electron chi connectivity index (χ4n) is 3.43. The van der Waals surface area contributed by atoms with Crippen LogP contribution in [0.2, 0.25) is 0 Å². The van der Waals surface area contributed by atoms with Gasteiger partial charge in [0.2, 0.25) is 6.41 Å². The number of pyridine rings is 1. The maximum atomic E-state index is 12.2. The van der Waals surface area contributed by atoms with Crippen molar-refractivity contribution in [3.63, 3.8) is 0 Å². The van der Waals surface area contributed by atoms with Gasteiger partial charge in [0.25, 0.3) is 0 Å². The molecule has 1 aliphatic rings. The Kier molecular flexibility index (Phi) is 20.3. The second-order valence-electron chi connectivity index (χ2n) is 8.45. The molecule has 3 rings (SSSR count). The number of benzene rings is 1. The van der Waals surface area contributed by atoms with Gasteiger partial charge in [0.15, 0.2) is 0 Å². The van der Waals surface area contributed by atoms with E-state index >= 15 is 0 Å². The monoisotopic (exact) mass is 539 g/mol. The van der Waals surface area contributed by atoms with Crippen molar-refractivity contribution < 1.29 is 13.6 Å². The second-order valence-corrected chi connectivity index (χ2v) is 9.36. The fraction of sp³-hybridized carbons (Fsp3) is 0.571. The van der Waals surface area contributed by atoms with Crippen LogP contribution in [0.15, 0.2) is 30.3 Å². The lowest BCUT2D eigenvalue weighted by atomic mass is 10.0. The lowest BCUT2D eigenvalue weighted by Gasteiger charge is -2.22. The Bertz CT molecular complexity index is 816. The molecule has 0 saturated carbocycles. The van der Waals surface area contributed by atoms with Gasteiger partial charge in [0.1, 0.15) is 23.3 Å². The molecule has 2 heterocycles. The van der Waals surface area contributed by atoms with Crippen LogP contribution in [-0.4, -0.2) is 50.4 Å². The summed E-state index contributed by atoms with van der Waals surface area (Å²) >= 11 is 1.66. The minimum absolute atomic E-state index is 0.521. The Hall–Kier alpha value is -2.39. The SMILES string of the molecule is CC.CCCNc1cc(C)cc(N(C)SC)n1.Cc1cc(F)cc(F)c1.O=CNCC[C@H]1CCCCN1. The molecule has 37 heavy (non-hydrogen) atoms. The minimum atomic E-state index is -0.521. The molecule has 0 spiro atoms. The number of carbonyl (C=O) groups excluding carboxylic acids is 1. The smallest absolute Gasteiger partial charge is 0.207 e. The lowest BCUT2D eigenvalue weighted by molar-refractivity contribution is -0.109. The molecule has 9 heteroatoms. The number of aryl methyl sites for hydroxylation is 2. The van der Waals surface area contributed by atoms with E-state index in [1.807, 2.05) is 27.2 Å². The summed E-state index contributed by atoms with van der Waals surface area (Å²) in [5.74, 6) is 0.925. The van der Waals surface area contributed by atoms with Gasteiger partial charge in [-0.2, -0.15) is 0 Å². The van der Waals surface area contributed by atoms with Crippen molar-refractivity contribution in [1.82, 2.24) is 15.6 Å². The molecule has 210 valence electrons. The van der Waals surface area contributed by atoms with Crippen molar-refractivity contribution in [2.45, 2.75) is 72.8 Å². The summed E-state index contributed by atoms with van der Waals surface area (Å²) in [5.41, 5.74) is 1.84. The molecule has 1 fully saturated rings. The molecule has 0 radical (unpaired) electrons. The molecule has 1 aromatic carbocycles. The molecular formula is C28H47F2N5OS. The summed E-state index contributed by atoms with van der Waals surface area (Å²) in [7, 11) is 2.02. The quantitative estimate of drug-likeness (QED) is 0.192. The van der Waals surface area contributed by atoms with E-state index in [2.05, 4.69) is 51.2 Å². The number of nitrogens with one attached hydrogen (secondary N) is 3. The minimum Gasteiger partial charge on any atom is -0.370 e. The van der Waals surface area contributed by atoms with Gasteiger partial charge >= 0.3 is 0 Å². The molecule has 3 N–H and O–H groups in total. The van der Waals surface area contributed by atoms with E-state index in [-0.39, 0.29) is 0 Å². The van der Waals surface area contributed by atoms with Gasteiger partial charge < -0.3 is 20.3 Å². The Balaban J connectivity index is 0.000000524. The number of nitrogens with zero attached hydrogens (tertiary/aromatic N) is 2. The van der Waals surface area contributed by atoms with Crippen LogP contribution < -0.4 is 20.3 Å². The number of anilines is 2. The molecule has 1 aliphatic heterocycles. The van der Waals surface area contributed by atoms with Crippen LogP contribution in [0.25, 0.3) is 0 Å². The maximum absolute atomic E-state index is 12.2. The fourth-order valence-corrected chi connectivity index (χ4v) is 3.71. The van der Waals surface area contributed by atoms with E-state index in [0.29, 0.717) is 11.6 Å². The first-order valence-electron chi connectivity index (χ1n) is 13.1. The highest BCUT2D eigenvalue weighted by atomic mass is 32.2. The topological polar surface area (TPSA) is 69.3 Å². The van der Waals surface area contributed by atoms with E-state index in [4.69, 9.17) is 0 Å². The van der Waals surface area contributed by atoms with Gasteiger partial charge in [0, 0.05) is 38.5 Å². The molecule has 0 aliphatic carbocycles. The van der Waals surface area contributed by atoms with E-state index in [1.54, 1.807) is 18.9 Å². The van der Waals surface area contributed by atoms with Crippen LogP contribution in [0.3, 0.4) is 0 Å². The molecule has 1 aromatic heterocycles. The van der Waals surface area contributed by atoms with Gasteiger partial charge in [-0.05, 0) is 81.5 Å². The Morgan fingerprint density at radius 3 is 2.24 bits per heavy atom. The highest BCUT2D eigenvalue weighted by molar-refractivity contribution is 7.99. The van der Waals surface area contributed by atoms with Gasteiger partial charge in [-0.3, -0.25) is 4.79 Å². The Morgan fingerprint density at radius 1 is 1.08 bits per heavy atom. The predicted molar refractivity (Wildman–Crippen MR) is 156 cm³/mol. The van der Waals surface area contributed by atoms with Crippen molar-refractivity contribution in [3.8, 4) is 0 Å². The number of hydrogen-bond acceptors (Lipinski definition) is 6. The number of rotatable bonds is 9. The summed E-state index contributed by atoms with van der Waals surface area (Å²) in [6, 6.07) is 8.22. The lowest BCUT2D eigenvalue weighted by Crippen LogP contribution is -2.36. The summed E-state index contributed by atoms with van der Waals surface area (Å²) in [4.78, 5) is 14.5. The number of amides is 1. The zero-order valence-corrected chi connectivity index (χ0v) is 24.5. The summed E-state index contributed by atoms with van der Waals surface area (Å²) in [6.07, 6.45) is 8.89. The average molecular weight is 540 g/mol. The van der Waals surface area contributed by atoms with Crippen LogP contribution in [0.5, 0.6) is 0 Å². The van der Waals surface area contributed by atoms with Crippen LogP contribution in [0.4, 0.5) is 20.4 Å². The number of hydrogen-bond donors (Lipinski definition) is 3. The number of aromatic nitrogens is 1. The normalized spacial score (nSPS) is 13.9. The van der Waals surface area contributed by atoms with Crippen molar-refractivity contribution in [3.05, 3.63) is 53.1 Å². The molecule has 1 atom stereocenters. The first kappa shape index (κ1) is 34.6.